The van der Waals surface area contributed by atoms with Crippen molar-refractivity contribution in [2.75, 3.05) is 17.5 Å². The van der Waals surface area contributed by atoms with Crippen molar-refractivity contribution in [2.24, 2.45) is 0 Å². The molecule has 0 aromatic heterocycles. The van der Waals surface area contributed by atoms with Crippen LogP contribution in [0.15, 0.2) is 42.0 Å². The van der Waals surface area contributed by atoms with Crippen LogP contribution in [0.1, 0.15) is 82.1 Å². The summed E-state index contributed by atoms with van der Waals surface area (Å²) < 4.78 is 48.6. The third-order valence-electron chi connectivity index (χ3n) is 9.58. The summed E-state index contributed by atoms with van der Waals surface area (Å²) in [5, 5.41) is 20.1. The third kappa shape index (κ3) is 6.04. The molecule has 47 heavy (non-hydrogen) atoms. The Morgan fingerprint density at radius 1 is 1.11 bits per heavy atom. The number of esters is 1. The molecular weight excluding hydrogens is 651 g/mol. The average molecular weight is 694 g/mol. The van der Waals surface area contributed by atoms with Gasteiger partial charge in [0.05, 0.1) is 36.0 Å². The van der Waals surface area contributed by atoms with E-state index in [-0.39, 0.29) is 48.8 Å². The molecule has 256 valence electrons. The molecule has 2 unspecified atom stereocenters. The first-order chi connectivity index (χ1) is 21.9. The van der Waals surface area contributed by atoms with E-state index in [0.29, 0.717) is 41.5 Å². The number of carboxylic acids is 1. The van der Waals surface area contributed by atoms with Gasteiger partial charge in [0.2, 0.25) is 15.6 Å². The van der Waals surface area contributed by atoms with Gasteiger partial charge in [-0.1, -0.05) is 29.8 Å². The number of halogens is 2. The number of hydrogen-bond acceptors (Lipinski definition) is 6. The number of carbonyl (C=O) groups excluding carboxylic acids is 1. The highest BCUT2D eigenvalue weighted by Gasteiger charge is 2.71. The maximum Gasteiger partial charge on any atom is 0.515 e. The number of hydrogen-bond donors (Lipinski definition) is 2. The van der Waals surface area contributed by atoms with Crippen molar-refractivity contribution in [1.29, 1.82) is 0 Å². The lowest BCUT2D eigenvalue weighted by Crippen LogP contribution is -2.72. The van der Waals surface area contributed by atoms with E-state index in [4.69, 9.17) is 16.3 Å². The van der Waals surface area contributed by atoms with Crippen LogP contribution in [-0.4, -0.2) is 65.1 Å². The van der Waals surface area contributed by atoms with Crippen molar-refractivity contribution in [1.82, 2.24) is 0 Å². The van der Waals surface area contributed by atoms with E-state index >= 15 is 0 Å². The molecule has 1 saturated heterocycles. The molecule has 1 heterocycles. The first-order valence-electron chi connectivity index (χ1n) is 15.7. The van der Waals surface area contributed by atoms with E-state index in [1.165, 1.54) is 6.07 Å². The molecule has 2 aliphatic rings. The lowest BCUT2D eigenvalue weighted by atomic mass is 9.77. The number of anilines is 1. The fraction of sp³-hybridized carbons (Fsp3) is 0.500. The Morgan fingerprint density at radius 3 is 2.28 bits per heavy atom. The average Bonchev–Trinajstić information content (AvgIpc) is 3.39. The first-order valence-corrected chi connectivity index (χ1v) is 17.5. The number of aryl methyl sites for hydroxylation is 2. The van der Waals surface area contributed by atoms with E-state index in [1.54, 1.807) is 59.8 Å². The summed E-state index contributed by atoms with van der Waals surface area (Å²) in [5.41, 5.74) is -0.927. The van der Waals surface area contributed by atoms with Crippen LogP contribution in [0.3, 0.4) is 0 Å². The van der Waals surface area contributed by atoms with Crippen molar-refractivity contribution in [3.63, 3.8) is 0 Å². The van der Waals surface area contributed by atoms with Crippen LogP contribution in [0.2, 0.25) is 5.02 Å². The molecule has 2 aromatic carbocycles. The first kappa shape index (κ1) is 36.4. The smallest absolute Gasteiger partial charge is 0.476 e. The van der Waals surface area contributed by atoms with Crippen LogP contribution in [0.5, 0.6) is 0 Å². The molecule has 1 aliphatic heterocycles. The molecule has 2 N–H and O–H groups in total. The van der Waals surface area contributed by atoms with Gasteiger partial charge in [-0.25, -0.2) is 26.9 Å². The lowest BCUT2D eigenvalue weighted by Gasteiger charge is -2.50. The maximum absolute atomic E-state index is 14.5. The molecule has 0 radical (unpaired) electrons. The SMILES string of the molecule is CCOC(=O)C1=CCCCC1S(=O)(=O)N(Cc1cc(C)c([C@]2(C(=O)O)CCC[N+]2(C(=O)O)C(C)(C)C)c(C)c1)c1ccc(F)cc1Cl. The highest BCUT2D eigenvalue weighted by atomic mass is 35.5. The molecule has 3 atom stereocenters. The van der Waals surface area contributed by atoms with Gasteiger partial charge in [-0.15, -0.1) is 0 Å². The van der Waals surface area contributed by atoms with E-state index in [2.05, 4.69) is 0 Å². The number of nitrogens with zero attached hydrogens (tertiary/aromatic N) is 2. The van der Waals surface area contributed by atoms with Crippen LogP contribution in [-0.2, 0) is 36.4 Å². The number of likely N-dealkylation sites (tertiary alicyclic amines) is 1. The number of allylic oxidation sites excluding steroid dienone is 1. The fourth-order valence-corrected chi connectivity index (χ4v) is 10.2. The van der Waals surface area contributed by atoms with E-state index in [9.17, 15) is 37.4 Å². The summed E-state index contributed by atoms with van der Waals surface area (Å²) in [6, 6.07) is 6.69. The van der Waals surface area contributed by atoms with E-state index in [1.807, 2.05) is 0 Å². The highest BCUT2D eigenvalue weighted by Crippen LogP contribution is 2.53. The van der Waals surface area contributed by atoms with Crippen molar-refractivity contribution in [2.45, 2.75) is 96.5 Å². The van der Waals surface area contributed by atoms with Gasteiger partial charge in [0.1, 0.15) is 16.6 Å². The second-order valence-electron chi connectivity index (χ2n) is 13.3. The van der Waals surface area contributed by atoms with Gasteiger partial charge in [0.25, 0.3) is 0 Å². The number of aliphatic carboxylic acids is 1. The Kier molecular flexibility index (Phi) is 10.2. The number of ether oxygens (including phenoxy) is 1. The van der Waals surface area contributed by atoms with Crippen LogP contribution in [0.4, 0.5) is 14.9 Å². The van der Waals surface area contributed by atoms with Gasteiger partial charge in [0.15, 0.2) is 0 Å². The van der Waals surface area contributed by atoms with Gasteiger partial charge < -0.3 is 14.9 Å². The van der Waals surface area contributed by atoms with E-state index in [0.717, 1.165) is 16.4 Å². The van der Waals surface area contributed by atoms with Crippen molar-refractivity contribution >= 4 is 45.3 Å². The van der Waals surface area contributed by atoms with Crippen molar-refractivity contribution in [3.05, 3.63) is 75.1 Å². The minimum absolute atomic E-state index is 0.00771. The Bertz CT molecular complexity index is 1710. The predicted molar refractivity (Wildman–Crippen MR) is 176 cm³/mol. The third-order valence-corrected chi connectivity index (χ3v) is 12.0. The van der Waals surface area contributed by atoms with Gasteiger partial charge in [-0.05, 0) is 95.7 Å². The molecule has 1 fully saturated rings. The van der Waals surface area contributed by atoms with Gasteiger partial charge in [0, 0.05) is 18.4 Å². The topological polar surface area (TPSA) is 138 Å². The van der Waals surface area contributed by atoms with Crippen LogP contribution < -0.4 is 4.31 Å². The lowest BCUT2D eigenvalue weighted by molar-refractivity contribution is -0.937. The summed E-state index contributed by atoms with van der Waals surface area (Å²) in [5.74, 6) is -2.63. The predicted octanol–water partition coefficient (Wildman–Crippen LogP) is 6.84. The van der Waals surface area contributed by atoms with E-state index < -0.39 is 54.7 Å². The molecule has 4 rings (SSSR count). The summed E-state index contributed by atoms with van der Waals surface area (Å²) in [6.07, 6.45) is 2.00. The zero-order valence-electron chi connectivity index (χ0n) is 27.6. The second kappa shape index (κ2) is 13.2. The van der Waals surface area contributed by atoms with Gasteiger partial charge >= 0.3 is 18.0 Å². The molecule has 0 saturated carbocycles. The molecule has 10 nitrogen and oxygen atoms in total. The van der Waals surface area contributed by atoms with Gasteiger partial charge in [-0.2, -0.15) is 4.79 Å². The molecule has 0 bridgehead atoms. The molecule has 0 spiro atoms. The number of amides is 1. The standard InChI is InChI=1S/C34H42ClFN2O8S/c1-7-46-30(39)25-11-8-9-12-28(25)47(44,45)37(27-14-13-24(36)19-26(27)35)20-23-17-21(2)29(22(3)18-23)34(31(40)41)15-10-16-38(34,32(42)43)33(4,5)6/h11,13-14,17-19,28H,7-10,12,15-16,20H2,1-6H3,(H-,40,41,42,43)/p+1/t28?,34-,38?/m0/s1. The quantitative estimate of drug-likeness (QED) is 0.215. The molecule has 13 heteroatoms. The number of quaternary nitrogens is 1. The van der Waals surface area contributed by atoms with Gasteiger partial charge in [-0.3, -0.25) is 4.31 Å². The number of carboxylic acid groups (broad SMARTS) is 2. The minimum Gasteiger partial charge on any atom is -0.476 e. The summed E-state index contributed by atoms with van der Waals surface area (Å²) in [7, 11) is -4.37. The molecule has 2 aromatic rings. The van der Waals surface area contributed by atoms with Crippen LogP contribution in [0.25, 0.3) is 0 Å². The Hall–Kier alpha value is -3.48. The summed E-state index contributed by atoms with van der Waals surface area (Å²) in [6.45, 7) is 10.1. The summed E-state index contributed by atoms with van der Waals surface area (Å²) >= 11 is 6.44. The summed E-state index contributed by atoms with van der Waals surface area (Å²) in [4.78, 5) is 39.2. The zero-order chi connectivity index (χ0) is 35.1. The monoisotopic (exact) mass is 693 g/mol. The normalized spacial score (nSPS) is 23.2. The van der Waals surface area contributed by atoms with Crippen LogP contribution in [0, 0.1) is 19.7 Å². The molecular formula is C34H43ClFN2O8S+. The maximum atomic E-state index is 14.5. The number of benzene rings is 2. The minimum atomic E-state index is -4.37. The largest absolute Gasteiger partial charge is 0.515 e. The second-order valence-corrected chi connectivity index (χ2v) is 15.8. The number of carbonyl (C=O) groups is 3. The van der Waals surface area contributed by atoms with Crippen molar-refractivity contribution < 1.29 is 46.6 Å². The Balaban J connectivity index is 1.90. The zero-order valence-corrected chi connectivity index (χ0v) is 29.2. The van der Waals surface area contributed by atoms with Crippen molar-refractivity contribution in [3.8, 4) is 0 Å². The fourth-order valence-electron chi connectivity index (χ4n) is 7.80. The molecule has 1 amide bonds. The Morgan fingerprint density at radius 2 is 1.74 bits per heavy atom. The molecule has 1 aliphatic carbocycles. The number of rotatable bonds is 9. The highest BCUT2D eigenvalue weighted by molar-refractivity contribution is 7.93. The number of sulfonamides is 1. The van der Waals surface area contributed by atoms with Crippen LogP contribution >= 0.6 is 11.6 Å². The Labute approximate surface area is 280 Å².